The van der Waals surface area contributed by atoms with Crippen molar-refractivity contribution in [3.8, 4) is 0 Å². The van der Waals surface area contributed by atoms with Crippen molar-refractivity contribution in [3.05, 3.63) is 0 Å². The van der Waals surface area contributed by atoms with E-state index >= 15 is 0 Å². The van der Waals surface area contributed by atoms with E-state index < -0.39 is 17.8 Å². The first-order valence-corrected chi connectivity index (χ1v) is 21.6. The molecule has 0 spiro atoms. The van der Waals surface area contributed by atoms with E-state index in [0.29, 0.717) is 61.6 Å². The number of nitrogens with one attached hydrogen (secondary N) is 2. The third kappa shape index (κ3) is 10.1. The second kappa shape index (κ2) is 19.1. The molecule has 6 aliphatic carbocycles. The summed E-state index contributed by atoms with van der Waals surface area (Å²) in [5, 5.41) is 22.3. The Labute approximate surface area is 311 Å². The molecule has 50 heavy (non-hydrogen) atoms. The number of hydroxylamine groups is 1. The summed E-state index contributed by atoms with van der Waals surface area (Å²) in [6.07, 6.45) is 24.5. The van der Waals surface area contributed by atoms with Crippen LogP contribution in [0.5, 0.6) is 0 Å². The van der Waals surface area contributed by atoms with Gasteiger partial charge >= 0.3 is 5.97 Å². The fraction of sp³-hybridized carbons (Fsp3) is 0.950. The first-order valence-electron chi connectivity index (χ1n) is 20.8. The molecule has 1 amide bonds. The van der Waals surface area contributed by atoms with E-state index in [1.807, 2.05) is 0 Å². The highest BCUT2D eigenvalue weighted by molar-refractivity contribution is 6.21. The van der Waals surface area contributed by atoms with E-state index in [2.05, 4.69) is 15.7 Å². The zero-order valence-electron chi connectivity index (χ0n) is 30.3. The van der Waals surface area contributed by atoms with Crippen LogP contribution in [-0.2, 0) is 19.3 Å². The van der Waals surface area contributed by atoms with Crippen molar-refractivity contribution < 1.29 is 29.7 Å². The van der Waals surface area contributed by atoms with Crippen LogP contribution >= 0.6 is 23.2 Å². The molecule has 6 saturated carbocycles. The fourth-order valence-electron chi connectivity index (χ4n) is 11.7. The number of alkyl halides is 2. The van der Waals surface area contributed by atoms with Gasteiger partial charge in [0.1, 0.15) is 0 Å². The van der Waals surface area contributed by atoms with Gasteiger partial charge in [0.05, 0.1) is 35.8 Å². The minimum atomic E-state index is -0.831. The normalized spacial score (nSPS) is 41.0. The summed E-state index contributed by atoms with van der Waals surface area (Å²) in [6, 6.07) is -0.00333. The van der Waals surface area contributed by atoms with Crippen LogP contribution in [0.1, 0.15) is 141 Å². The fourth-order valence-corrected chi connectivity index (χ4v) is 12.6. The van der Waals surface area contributed by atoms with Gasteiger partial charge in [0.25, 0.3) is 0 Å². The Morgan fingerprint density at radius 1 is 0.560 bits per heavy atom. The van der Waals surface area contributed by atoms with Gasteiger partial charge < -0.3 is 15.3 Å². The average Bonchev–Trinajstić information content (AvgIpc) is 3.14. The molecule has 8 nitrogen and oxygen atoms in total. The van der Waals surface area contributed by atoms with Gasteiger partial charge in [-0.05, 0) is 124 Å². The van der Waals surface area contributed by atoms with E-state index in [-0.39, 0.29) is 28.7 Å². The molecular formula is C40H66Cl2N2O6. The molecule has 10 heteroatoms. The number of carbonyl (C=O) groups is 2. The molecule has 0 heterocycles. The van der Waals surface area contributed by atoms with Gasteiger partial charge in [-0.15, -0.1) is 23.2 Å². The highest BCUT2D eigenvalue weighted by Gasteiger charge is 2.44. The number of carboxylic acid groups (broad SMARTS) is 1. The number of amides is 1. The number of carboxylic acids is 1. The molecule has 6 aliphatic rings. The standard InChI is InChI=1S/C40H66Cl2N2O6/c41-35-21-29(14-17-37(35)43-39(45)34-20-28(13-16-33(34)40(46)47)26-9-5-2-6-10-26)30-15-18-38(36(42)22-30)44-49-23-32-19-27(11-12-31(32)24-50-48)25-7-3-1-4-8-25/h25-38,44,48H,1-24H2,(H,43,45)(H,46,47). The van der Waals surface area contributed by atoms with Crippen molar-refractivity contribution in [1.82, 2.24) is 10.8 Å². The van der Waals surface area contributed by atoms with E-state index in [1.165, 1.54) is 70.6 Å². The average molecular weight is 742 g/mol. The lowest BCUT2D eigenvalue weighted by molar-refractivity contribution is -0.257. The van der Waals surface area contributed by atoms with E-state index in [0.717, 1.165) is 69.6 Å². The first-order chi connectivity index (χ1) is 24.3. The Morgan fingerprint density at radius 3 is 1.68 bits per heavy atom. The summed E-state index contributed by atoms with van der Waals surface area (Å²) in [6.45, 7) is 1.01. The van der Waals surface area contributed by atoms with E-state index in [9.17, 15) is 20.0 Å². The van der Waals surface area contributed by atoms with Gasteiger partial charge in [0.2, 0.25) is 5.91 Å². The lowest BCUT2D eigenvalue weighted by Crippen LogP contribution is -2.51. The molecule has 12 unspecified atom stereocenters. The van der Waals surface area contributed by atoms with Gasteiger partial charge in [-0.25, -0.2) is 4.89 Å². The van der Waals surface area contributed by atoms with Crippen LogP contribution in [0.4, 0.5) is 0 Å². The van der Waals surface area contributed by atoms with Crippen molar-refractivity contribution in [2.45, 2.75) is 164 Å². The van der Waals surface area contributed by atoms with Crippen molar-refractivity contribution in [2.24, 2.45) is 59.2 Å². The summed E-state index contributed by atoms with van der Waals surface area (Å²) in [5.41, 5.74) is 3.35. The van der Waals surface area contributed by atoms with Crippen molar-refractivity contribution in [1.29, 1.82) is 0 Å². The quantitative estimate of drug-likeness (QED) is 0.0897. The third-order valence-electron chi connectivity index (χ3n) is 14.8. The van der Waals surface area contributed by atoms with Gasteiger partial charge in [-0.1, -0.05) is 64.2 Å². The lowest BCUT2D eigenvalue weighted by atomic mass is 9.66. The number of rotatable bonds is 12. The van der Waals surface area contributed by atoms with E-state index in [1.54, 1.807) is 0 Å². The zero-order valence-corrected chi connectivity index (χ0v) is 31.8. The third-order valence-corrected chi connectivity index (χ3v) is 15.8. The highest BCUT2D eigenvalue weighted by atomic mass is 35.5. The Morgan fingerprint density at radius 2 is 1.10 bits per heavy atom. The van der Waals surface area contributed by atoms with Gasteiger partial charge in [-0.2, -0.15) is 5.48 Å². The lowest BCUT2D eigenvalue weighted by Gasteiger charge is -2.43. The summed E-state index contributed by atoms with van der Waals surface area (Å²) >= 11 is 14.0. The summed E-state index contributed by atoms with van der Waals surface area (Å²) in [4.78, 5) is 36.6. The van der Waals surface area contributed by atoms with Crippen LogP contribution in [0.2, 0.25) is 0 Å². The SMILES string of the molecule is O=C(O)C1CCC(C2CCCCC2)CC1C(=O)NC1CCC(C2CCC(NOCC3CC(C4CCCCC4)CCC3COO)C(Cl)C2)CC1Cl. The largest absolute Gasteiger partial charge is 0.481 e. The topological polar surface area (TPSA) is 117 Å². The maximum Gasteiger partial charge on any atom is 0.307 e. The molecule has 0 aromatic heterocycles. The zero-order chi connectivity index (χ0) is 35.0. The maximum atomic E-state index is 13.7. The van der Waals surface area contributed by atoms with E-state index in [4.69, 9.17) is 28.0 Å². The van der Waals surface area contributed by atoms with Crippen LogP contribution in [0, 0.1) is 59.2 Å². The number of aliphatic carboxylic acids is 1. The predicted octanol–water partition coefficient (Wildman–Crippen LogP) is 8.98. The van der Waals surface area contributed by atoms with Gasteiger partial charge in [-0.3, -0.25) is 14.8 Å². The second-order valence-corrected chi connectivity index (χ2v) is 18.8. The molecule has 0 aromatic carbocycles. The molecule has 6 rings (SSSR count). The van der Waals surface area contributed by atoms with Gasteiger partial charge in [0.15, 0.2) is 0 Å². The predicted molar refractivity (Wildman–Crippen MR) is 197 cm³/mol. The molecule has 0 saturated heterocycles. The molecule has 6 fully saturated rings. The molecule has 0 aliphatic heterocycles. The molecule has 0 radical (unpaired) electrons. The van der Waals surface area contributed by atoms with Crippen LogP contribution in [0.3, 0.4) is 0 Å². The Kier molecular flexibility index (Phi) is 14.9. The molecule has 12 atom stereocenters. The summed E-state index contributed by atoms with van der Waals surface area (Å²) in [7, 11) is 0. The van der Waals surface area contributed by atoms with Crippen molar-refractivity contribution in [3.63, 3.8) is 0 Å². The van der Waals surface area contributed by atoms with Crippen LogP contribution in [0.15, 0.2) is 0 Å². The Hall–Kier alpha value is -0.640. The van der Waals surface area contributed by atoms with Crippen molar-refractivity contribution in [2.75, 3.05) is 13.2 Å². The monoisotopic (exact) mass is 740 g/mol. The maximum absolute atomic E-state index is 13.7. The molecular weight excluding hydrogens is 675 g/mol. The number of hydrogen-bond donors (Lipinski definition) is 4. The first kappa shape index (κ1) is 39.1. The summed E-state index contributed by atoms with van der Waals surface area (Å²) in [5.74, 6) is 2.42. The molecule has 286 valence electrons. The van der Waals surface area contributed by atoms with Crippen molar-refractivity contribution >= 4 is 35.1 Å². The Balaban J connectivity index is 0.934. The smallest absolute Gasteiger partial charge is 0.307 e. The van der Waals surface area contributed by atoms with Gasteiger partial charge in [0, 0.05) is 12.1 Å². The summed E-state index contributed by atoms with van der Waals surface area (Å²) < 4.78 is 0. The minimum absolute atomic E-state index is 0.0192. The minimum Gasteiger partial charge on any atom is -0.481 e. The molecule has 0 bridgehead atoms. The molecule has 0 aromatic rings. The van der Waals surface area contributed by atoms with Crippen LogP contribution < -0.4 is 10.8 Å². The number of carbonyl (C=O) groups excluding carboxylic acids is 1. The number of halogens is 2. The highest BCUT2D eigenvalue weighted by Crippen LogP contribution is 2.45. The van der Waals surface area contributed by atoms with Crippen LogP contribution in [-0.4, -0.2) is 58.3 Å². The second-order valence-electron chi connectivity index (χ2n) is 17.6. The van der Waals surface area contributed by atoms with Crippen LogP contribution in [0.25, 0.3) is 0 Å². The molecule has 4 N–H and O–H groups in total. The number of hydrogen-bond acceptors (Lipinski definition) is 6. The Bertz CT molecular complexity index is 1070.